The van der Waals surface area contributed by atoms with Gasteiger partial charge in [0.05, 0.1) is 17.0 Å². The van der Waals surface area contributed by atoms with Crippen molar-refractivity contribution in [2.75, 3.05) is 0 Å². The van der Waals surface area contributed by atoms with E-state index in [1.54, 1.807) is 0 Å². The minimum absolute atomic E-state index is 0. The Balaban J connectivity index is 0.00000312. The van der Waals surface area contributed by atoms with Gasteiger partial charge in [0.1, 0.15) is 5.65 Å². The summed E-state index contributed by atoms with van der Waals surface area (Å²) in [5.74, 6) is 1.19. The van der Waals surface area contributed by atoms with Crippen molar-refractivity contribution in [3.63, 3.8) is 0 Å². The summed E-state index contributed by atoms with van der Waals surface area (Å²) in [6.45, 7) is 8.57. The summed E-state index contributed by atoms with van der Waals surface area (Å²) >= 11 is 0. The van der Waals surface area contributed by atoms with Gasteiger partial charge in [0.2, 0.25) is 0 Å². The Bertz CT molecular complexity index is 2670. The first kappa shape index (κ1) is 28.4. The molecule has 0 amide bonds. The molecule has 9 rings (SSSR count). The minimum atomic E-state index is 0. The van der Waals surface area contributed by atoms with Crippen LogP contribution >= 0.6 is 0 Å². The summed E-state index contributed by atoms with van der Waals surface area (Å²) in [4.78, 5) is 14.4. The Kier molecular flexibility index (Phi) is 6.49. The van der Waals surface area contributed by atoms with Crippen molar-refractivity contribution in [3.05, 3.63) is 126 Å². The third kappa shape index (κ3) is 4.10. The van der Waals surface area contributed by atoms with Crippen LogP contribution in [0.4, 0.5) is 0 Å². The molecule has 7 heteroatoms. The Labute approximate surface area is 279 Å². The second-order valence-electron chi connectivity index (χ2n) is 11.8. The van der Waals surface area contributed by atoms with Crippen LogP contribution in [-0.4, -0.2) is 23.8 Å². The van der Waals surface area contributed by atoms with Gasteiger partial charge in [0.25, 0.3) is 0 Å². The number of benzene rings is 4. The first-order valence-corrected chi connectivity index (χ1v) is 15.0. The van der Waals surface area contributed by atoms with Crippen LogP contribution in [0.15, 0.2) is 91.5 Å². The van der Waals surface area contributed by atoms with Crippen LogP contribution < -0.4 is 4.74 Å². The third-order valence-corrected chi connectivity index (χ3v) is 9.10. The van der Waals surface area contributed by atoms with E-state index >= 15 is 0 Å². The van der Waals surface area contributed by atoms with Gasteiger partial charge in [0, 0.05) is 47.4 Å². The molecular weight excluding hydrogens is 750 g/mol. The molecule has 0 unspecified atom stereocenters. The SMILES string of the molecule is Cc1cc2c3ccc(Oc4[c-]c5c(cc4)c4cccnc4n4c(-c6c(C)cccc6C)cnc54)[c-]c3c3nccn3c2cc1C.[Pt+2]. The van der Waals surface area contributed by atoms with E-state index in [1.165, 1.54) is 27.6 Å². The molecule has 5 heterocycles. The molecule has 0 fully saturated rings. The average Bonchev–Trinajstić information content (AvgIpc) is 3.71. The Morgan fingerprint density at radius 1 is 0.609 bits per heavy atom. The van der Waals surface area contributed by atoms with E-state index in [0.717, 1.165) is 60.6 Å². The van der Waals surface area contributed by atoms with Gasteiger partial charge in [-0.05, 0) is 72.9 Å². The number of hydrogen-bond acceptors (Lipinski definition) is 4. The van der Waals surface area contributed by atoms with E-state index in [1.807, 2.05) is 43.0 Å². The average molecular weight is 777 g/mol. The quantitative estimate of drug-likeness (QED) is 0.133. The van der Waals surface area contributed by atoms with Crippen LogP contribution in [-0.2, 0) is 21.1 Å². The topological polar surface area (TPSA) is 56.7 Å². The molecule has 5 aromatic heterocycles. The maximum Gasteiger partial charge on any atom is 2.00 e. The summed E-state index contributed by atoms with van der Waals surface area (Å²) in [5, 5.41) is 6.11. The zero-order valence-electron chi connectivity index (χ0n) is 25.6. The van der Waals surface area contributed by atoms with Crippen LogP contribution in [0.3, 0.4) is 0 Å². The van der Waals surface area contributed by atoms with Gasteiger partial charge in [0.15, 0.2) is 0 Å². The van der Waals surface area contributed by atoms with Gasteiger partial charge in [-0.1, -0.05) is 76.1 Å². The third-order valence-electron chi connectivity index (χ3n) is 9.10. The van der Waals surface area contributed by atoms with E-state index in [0.29, 0.717) is 11.5 Å². The van der Waals surface area contributed by atoms with Crippen molar-refractivity contribution in [3.8, 4) is 22.8 Å². The molecule has 0 saturated heterocycles. The monoisotopic (exact) mass is 776 g/mol. The van der Waals surface area contributed by atoms with Crippen molar-refractivity contribution in [1.29, 1.82) is 0 Å². The minimum Gasteiger partial charge on any atom is -0.497 e. The summed E-state index contributed by atoms with van der Waals surface area (Å²) in [5.41, 5.74) is 10.7. The molecule has 9 aromatic rings. The van der Waals surface area contributed by atoms with Gasteiger partial charge >= 0.3 is 21.1 Å². The number of ether oxygens (including phenoxy) is 1. The van der Waals surface area contributed by atoms with Gasteiger partial charge in [-0.25, -0.2) is 4.98 Å². The maximum atomic E-state index is 6.46. The van der Waals surface area contributed by atoms with Gasteiger partial charge in [-0.3, -0.25) is 9.97 Å². The van der Waals surface area contributed by atoms with Crippen LogP contribution in [0.1, 0.15) is 22.3 Å². The molecule has 0 aliphatic rings. The maximum absolute atomic E-state index is 6.46. The zero-order chi connectivity index (χ0) is 30.4. The Hall–Kier alpha value is -5.06. The molecule has 0 N–H and O–H groups in total. The summed E-state index contributed by atoms with van der Waals surface area (Å²) in [6.07, 6.45) is 7.62. The molecule has 0 atom stereocenters. The first-order chi connectivity index (χ1) is 22.0. The van der Waals surface area contributed by atoms with E-state index in [4.69, 9.17) is 19.7 Å². The number of rotatable bonds is 3. The Morgan fingerprint density at radius 3 is 2.04 bits per heavy atom. The standard InChI is InChI=1S/C39H27N5O.Pt/c1-22-7-5-8-23(2)36(22)35-21-42-39-33-20-27(10-12-28(33)30-9-6-14-40-38(30)44(35)39)45-26-11-13-29-31-17-24(3)25(4)18-34(31)43-16-15-41-37(43)32(29)19-26;/h5-18,21H,1-4H3;/q-2;+2. The molecular formula is C39H27N5OPt. The fraction of sp³-hybridized carbons (Fsp3) is 0.103. The molecule has 0 radical (unpaired) electrons. The zero-order valence-corrected chi connectivity index (χ0v) is 27.9. The van der Waals surface area contributed by atoms with Crippen molar-refractivity contribution < 1.29 is 25.8 Å². The smallest absolute Gasteiger partial charge is 0.497 e. The number of imidazole rings is 2. The molecule has 0 aliphatic heterocycles. The molecule has 224 valence electrons. The number of nitrogens with zero attached hydrogens (tertiary/aromatic N) is 5. The van der Waals surface area contributed by atoms with Crippen LogP contribution in [0.25, 0.3) is 66.0 Å². The molecule has 0 aliphatic carbocycles. The van der Waals surface area contributed by atoms with Crippen molar-refractivity contribution >= 4 is 54.8 Å². The predicted octanol–water partition coefficient (Wildman–Crippen LogP) is 9.28. The second kappa shape index (κ2) is 10.5. The summed E-state index contributed by atoms with van der Waals surface area (Å²) in [7, 11) is 0. The van der Waals surface area contributed by atoms with Crippen LogP contribution in [0.2, 0.25) is 0 Å². The molecule has 0 bridgehead atoms. The number of aryl methyl sites for hydroxylation is 4. The first-order valence-electron chi connectivity index (χ1n) is 15.0. The summed E-state index contributed by atoms with van der Waals surface area (Å²) in [6, 6.07) is 30.1. The number of aromatic nitrogens is 5. The molecule has 0 spiro atoms. The second-order valence-corrected chi connectivity index (χ2v) is 11.8. The van der Waals surface area contributed by atoms with Gasteiger partial charge in [-0.15, -0.1) is 12.1 Å². The fourth-order valence-electron chi connectivity index (χ4n) is 6.81. The molecule has 46 heavy (non-hydrogen) atoms. The normalized spacial score (nSPS) is 11.7. The molecule has 0 saturated carbocycles. The fourth-order valence-corrected chi connectivity index (χ4v) is 6.81. The van der Waals surface area contributed by atoms with Crippen molar-refractivity contribution in [2.45, 2.75) is 27.7 Å². The van der Waals surface area contributed by atoms with Gasteiger partial charge in [-0.2, -0.15) is 0 Å². The van der Waals surface area contributed by atoms with E-state index in [2.05, 4.69) is 97.2 Å². The number of hydrogen-bond donors (Lipinski definition) is 0. The number of fused-ring (bicyclic) bond motifs is 12. The van der Waals surface area contributed by atoms with Crippen molar-refractivity contribution in [1.82, 2.24) is 23.8 Å². The summed E-state index contributed by atoms with van der Waals surface area (Å²) < 4.78 is 10.8. The largest absolute Gasteiger partial charge is 2.00 e. The molecule has 6 nitrogen and oxygen atoms in total. The van der Waals surface area contributed by atoms with Crippen LogP contribution in [0, 0.1) is 39.8 Å². The molecule has 4 aromatic carbocycles. The van der Waals surface area contributed by atoms with Crippen LogP contribution in [0.5, 0.6) is 11.5 Å². The van der Waals surface area contributed by atoms with E-state index < -0.39 is 0 Å². The van der Waals surface area contributed by atoms with Crippen molar-refractivity contribution in [2.24, 2.45) is 0 Å². The predicted molar refractivity (Wildman–Crippen MR) is 180 cm³/mol. The Morgan fingerprint density at radius 2 is 1.28 bits per heavy atom. The number of pyridine rings is 3. The van der Waals surface area contributed by atoms with E-state index in [9.17, 15) is 0 Å². The van der Waals surface area contributed by atoms with Gasteiger partial charge < -0.3 is 13.5 Å². The van der Waals surface area contributed by atoms with E-state index in [-0.39, 0.29) is 21.1 Å².